The molecule has 17 heavy (non-hydrogen) atoms. The zero-order valence-corrected chi connectivity index (χ0v) is 10.7. The van der Waals surface area contributed by atoms with Crippen molar-refractivity contribution in [3.8, 4) is 0 Å². The number of hydrogen-bond acceptors (Lipinski definition) is 6. The Bertz CT molecular complexity index is 324. The fourth-order valence-corrected chi connectivity index (χ4v) is 1.38. The van der Waals surface area contributed by atoms with Crippen molar-refractivity contribution >= 4 is 0 Å². The van der Waals surface area contributed by atoms with Crippen molar-refractivity contribution in [3.63, 3.8) is 0 Å². The molecule has 0 radical (unpaired) electrons. The summed E-state index contributed by atoms with van der Waals surface area (Å²) in [5.74, 6) is 1.00. The highest BCUT2D eigenvalue weighted by atomic mass is 16.5. The first kappa shape index (κ1) is 14.1. The molecule has 0 aliphatic heterocycles. The van der Waals surface area contributed by atoms with E-state index in [2.05, 4.69) is 10.1 Å². The van der Waals surface area contributed by atoms with Gasteiger partial charge in [0.15, 0.2) is 5.82 Å². The molecule has 0 amide bonds. The summed E-state index contributed by atoms with van der Waals surface area (Å²) in [6.45, 7) is 5.36. The molecule has 0 saturated heterocycles. The summed E-state index contributed by atoms with van der Waals surface area (Å²) in [5.41, 5.74) is 5.66. The molecular weight excluding hydrogens is 222 g/mol. The van der Waals surface area contributed by atoms with Gasteiger partial charge in [-0.1, -0.05) is 19.0 Å². The number of nitrogens with zero attached hydrogens (tertiary/aromatic N) is 2. The average Bonchev–Trinajstić information content (AvgIpc) is 2.83. The minimum absolute atomic E-state index is 0.292. The first-order chi connectivity index (χ1) is 8.16. The normalized spacial score (nSPS) is 12.0. The molecule has 2 N–H and O–H groups in total. The maximum atomic E-state index is 6.16. The summed E-state index contributed by atoms with van der Waals surface area (Å²) >= 11 is 0. The van der Waals surface area contributed by atoms with E-state index in [4.69, 9.17) is 19.7 Å². The highest BCUT2D eigenvalue weighted by molar-refractivity contribution is 5.02. The summed E-state index contributed by atoms with van der Waals surface area (Å²) in [4.78, 5) is 4.25. The molecule has 0 aliphatic rings. The quantitative estimate of drug-likeness (QED) is 0.691. The van der Waals surface area contributed by atoms with Crippen LogP contribution in [0.4, 0.5) is 0 Å². The molecule has 1 rings (SSSR count). The van der Waals surface area contributed by atoms with Crippen molar-refractivity contribution in [3.05, 3.63) is 11.7 Å². The zero-order valence-electron chi connectivity index (χ0n) is 10.7. The largest absolute Gasteiger partial charge is 0.382 e. The molecule has 0 aromatic carbocycles. The van der Waals surface area contributed by atoms with Gasteiger partial charge in [0.25, 0.3) is 5.89 Å². The Morgan fingerprint density at radius 3 is 2.59 bits per heavy atom. The fraction of sp³-hybridized carbons (Fsp3) is 0.818. The van der Waals surface area contributed by atoms with Crippen molar-refractivity contribution < 1.29 is 14.0 Å². The van der Waals surface area contributed by atoms with E-state index >= 15 is 0 Å². The van der Waals surface area contributed by atoms with Gasteiger partial charge in [-0.3, -0.25) is 0 Å². The Kier molecular flexibility index (Phi) is 5.54. The lowest BCUT2D eigenvalue weighted by Crippen LogP contribution is -2.36. The molecule has 0 atom stereocenters. The van der Waals surface area contributed by atoms with Crippen LogP contribution >= 0.6 is 0 Å². The predicted molar refractivity (Wildman–Crippen MR) is 62.3 cm³/mol. The Hall–Kier alpha value is -0.980. The predicted octanol–water partition coefficient (Wildman–Crippen LogP) is 1.21. The highest BCUT2D eigenvalue weighted by Gasteiger charge is 2.28. The van der Waals surface area contributed by atoms with Crippen LogP contribution in [0.5, 0.6) is 0 Å². The van der Waals surface area contributed by atoms with Crippen LogP contribution in [0.25, 0.3) is 0 Å². The lowest BCUT2D eigenvalue weighted by Gasteiger charge is -2.21. The first-order valence-electron chi connectivity index (χ1n) is 5.85. The third kappa shape index (κ3) is 3.76. The van der Waals surface area contributed by atoms with Crippen LogP contribution in [0.3, 0.4) is 0 Å². The van der Waals surface area contributed by atoms with Gasteiger partial charge < -0.3 is 19.7 Å². The smallest absolute Gasteiger partial charge is 0.252 e. The van der Waals surface area contributed by atoms with Crippen molar-refractivity contribution in [2.24, 2.45) is 5.73 Å². The van der Waals surface area contributed by atoms with Gasteiger partial charge in [-0.2, -0.15) is 4.98 Å². The van der Waals surface area contributed by atoms with Gasteiger partial charge in [0, 0.05) is 7.11 Å². The van der Waals surface area contributed by atoms with E-state index in [1.807, 2.05) is 13.8 Å². The number of nitrogens with two attached hydrogens (primary N) is 1. The monoisotopic (exact) mass is 243 g/mol. The van der Waals surface area contributed by atoms with Gasteiger partial charge in [0.05, 0.1) is 18.8 Å². The molecule has 0 spiro atoms. The number of methoxy groups -OCH3 is 1. The lowest BCUT2D eigenvalue weighted by molar-refractivity contribution is 0.0494. The van der Waals surface area contributed by atoms with Gasteiger partial charge in [0.1, 0.15) is 6.61 Å². The Labute approximate surface area is 101 Å². The van der Waals surface area contributed by atoms with E-state index in [9.17, 15) is 0 Å². The SMILES string of the molecule is CCC(N)(CC)c1noc(COCCOC)n1. The summed E-state index contributed by atoms with van der Waals surface area (Å²) < 4.78 is 15.2. The molecule has 0 fully saturated rings. The summed E-state index contributed by atoms with van der Waals surface area (Å²) in [7, 11) is 1.62. The van der Waals surface area contributed by atoms with Crippen molar-refractivity contribution in [2.75, 3.05) is 20.3 Å². The first-order valence-corrected chi connectivity index (χ1v) is 5.85. The molecule has 0 bridgehead atoms. The van der Waals surface area contributed by atoms with Crippen LogP contribution in [-0.2, 0) is 21.6 Å². The van der Waals surface area contributed by atoms with Crippen LogP contribution in [0.1, 0.15) is 38.4 Å². The molecule has 1 heterocycles. The third-order valence-corrected chi connectivity index (χ3v) is 2.83. The number of rotatable bonds is 8. The van der Waals surface area contributed by atoms with Gasteiger partial charge in [0.2, 0.25) is 0 Å². The second kappa shape index (κ2) is 6.68. The van der Waals surface area contributed by atoms with E-state index in [-0.39, 0.29) is 0 Å². The lowest BCUT2D eigenvalue weighted by atomic mass is 9.94. The summed E-state index contributed by atoms with van der Waals surface area (Å²) in [6.07, 6.45) is 1.54. The molecule has 0 saturated carbocycles. The Morgan fingerprint density at radius 2 is 2.00 bits per heavy atom. The third-order valence-electron chi connectivity index (χ3n) is 2.83. The molecule has 1 aromatic heterocycles. The zero-order chi connectivity index (χ0) is 12.7. The topological polar surface area (TPSA) is 83.4 Å². The number of hydrogen-bond donors (Lipinski definition) is 1. The van der Waals surface area contributed by atoms with E-state index in [1.165, 1.54) is 0 Å². The van der Waals surface area contributed by atoms with Crippen LogP contribution in [0, 0.1) is 0 Å². The molecular formula is C11H21N3O3. The summed E-state index contributed by atoms with van der Waals surface area (Å²) in [5, 5.41) is 3.91. The van der Waals surface area contributed by atoms with Crippen LogP contribution < -0.4 is 5.73 Å². The van der Waals surface area contributed by atoms with E-state index in [1.54, 1.807) is 7.11 Å². The van der Waals surface area contributed by atoms with E-state index in [0.29, 0.717) is 31.5 Å². The highest BCUT2D eigenvalue weighted by Crippen LogP contribution is 2.22. The number of aromatic nitrogens is 2. The van der Waals surface area contributed by atoms with Crippen LogP contribution in [0.15, 0.2) is 4.52 Å². The second-order valence-corrected chi connectivity index (χ2v) is 3.92. The maximum Gasteiger partial charge on any atom is 0.252 e. The fourth-order valence-electron chi connectivity index (χ4n) is 1.38. The minimum Gasteiger partial charge on any atom is -0.382 e. The average molecular weight is 243 g/mol. The molecule has 1 aromatic rings. The van der Waals surface area contributed by atoms with Crippen molar-refractivity contribution in [1.29, 1.82) is 0 Å². The number of ether oxygens (including phenoxy) is 2. The minimum atomic E-state index is -0.506. The standard InChI is InChI=1S/C11H21N3O3/c1-4-11(12,5-2)10-13-9(17-14-10)8-16-7-6-15-3/h4-8,12H2,1-3H3. The maximum absolute atomic E-state index is 6.16. The van der Waals surface area contributed by atoms with Crippen LogP contribution in [0.2, 0.25) is 0 Å². The van der Waals surface area contributed by atoms with Gasteiger partial charge in [-0.25, -0.2) is 0 Å². The molecule has 6 nitrogen and oxygen atoms in total. The Balaban J connectivity index is 2.53. The van der Waals surface area contributed by atoms with Crippen molar-refractivity contribution in [2.45, 2.75) is 38.8 Å². The Morgan fingerprint density at radius 1 is 1.29 bits per heavy atom. The van der Waals surface area contributed by atoms with E-state index in [0.717, 1.165) is 12.8 Å². The van der Waals surface area contributed by atoms with Crippen molar-refractivity contribution in [1.82, 2.24) is 10.1 Å². The van der Waals surface area contributed by atoms with Gasteiger partial charge in [-0.05, 0) is 12.8 Å². The molecule has 0 unspecified atom stereocenters. The molecule has 0 aliphatic carbocycles. The summed E-state index contributed by atoms with van der Waals surface area (Å²) in [6, 6.07) is 0. The van der Waals surface area contributed by atoms with Gasteiger partial charge in [-0.15, -0.1) is 0 Å². The van der Waals surface area contributed by atoms with E-state index < -0.39 is 5.54 Å². The molecule has 98 valence electrons. The molecule has 6 heteroatoms. The van der Waals surface area contributed by atoms with Gasteiger partial charge >= 0.3 is 0 Å². The van der Waals surface area contributed by atoms with Crippen LogP contribution in [-0.4, -0.2) is 30.5 Å². The second-order valence-electron chi connectivity index (χ2n) is 3.92.